The lowest BCUT2D eigenvalue weighted by molar-refractivity contribution is 0.102. The number of Topliss-reactive ketones (excluding diaryl/α,β-unsaturated/α-hetero) is 1. The fraction of sp³-hybridized carbons (Fsp3) is 0.333. The Morgan fingerprint density at radius 3 is 3.00 bits per heavy atom. The molecule has 0 saturated heterocycles. The van der Waals surface area contributed by atoms with Gasteiger partial charge in [-0.05, 0) is 24.0 Å². The lowest BCUT2D eigenvalue weighted by atomic mass is 10.2. The van der Waals surface area contributed by atoms with Crippen LogP contribution in [0.5, 0.6) is 0 Å². The van der Waals surface area contributed by atoms with Gasteiger partial charge in [0, 0.05) is 6.20 Å². The van der Waals surface area contributed by atoms with Crippen LogP contribution in [0.4, 0.5) is 0 Å². The highest BCUT2D eigenvalue weighted by atomic mass is 35.5. The molecule has 0 aromatic carbocycles. The number of aromatic nitrogens is 1. The van der Waals surface area contributed by atoms with Crippen LogP contribution in [0.1, 0.15) is 15.2 Å². The van der Waals surface area contributed by atoms with Crippen molar-refractivity contribution in [2.24, 2.45) is 0 Å². The fourth-order valence-corrected chi connectivity index (χ4v) is 1.52. The molecule has 1 rings (SSSR count). The first-order valence-corrected chi connectivity index (χ1v) is 4.07. The molecule has 0 N–H and O–H groups in total. The van der Waals surface area contributed by atoms with Gasteiger partial charge in [-0.2, -0.15) is 0 Å². The number of nitrogens with zero attached hydrogens (tertiary/aromatic N) is 1. The van der Waals surface area contributed by atoms with Crippen molar-refractivity contribution in [3.8, 4) is 0 Å². The molecule has 0 aliphatic rings. The molecule has 0 saturated carbocycles. The van der Waals surface area contributed by atoms with E-state index < -0.39 is 0 Å². The van der Waals surface area contributed by atoms with Gasteiger partial charge in [0.1, 0.15) is 0 Å². The van der Waals surface area contributed by atoms with Crippen LogP contribution in [0.2, 0.25) is 0 Å². The van der Waals surface area contributed by atoms with Gasteiger partial charge in [-0.25, -0.2) is 4.37 Å². The maximum absolute atomic E-state index is 10.9. The number of carbonyl (C=O) groups is 1. The van der Waals surface area contributed by atoms with Gasteiger partial charge < -0.3 is 0 Å². The molecule has 0 radical (unpaired) electrons. The number of halogens is 1. The Kier molecular flexibility index (Phi) is 2.40. The molecule has 0 bridgehead atoms. The van der Waals surface area contributed by atoms with Gasteiger partial charge in [0.25, 0.3) is 0 Å². The number of aryl methyl sites for hydroxylation is 1. The monoisotopic (exact) mass is 175 g/mol. The maximum atomic E-state index is 10.9. The third-order valence-corrected chi connectivity index (χ3v) is 2.31. The minimum absolute atomic E-state index is 0.0401. The van der Waals surface area contributed by atoms with Crippen LogP contribution >= 0.6 is 23.1 Å². The van der Waals surface area contributed by atoms with Gasteiger partial charge in [-0.15, -0.1) is 11.6 Å². The molecule has 0 spiro atoms. The summed E-state index contributed by atoms with van der Waals surface area (Å²) < 4.78 is 3.85. The van der Waals surface area contributed by atoms with Crippen LogP contribution in [0.15, 0.2) is 6.20 Å². The predicted octanol–water partition coefficient (Wildman–Crippen LogP) is 1.87. The highest BCUT2D eigenvalue weighted by molar-refractivity contribution is 7.08. The van der Waals surface area contributed by atoms with Gasteiger partial charge in [-0.1, -0.05) is 0 Å². The standard InChI is InChI=1S/C6H6ClNOS/c1-4-3-8-10-6(4)5(9)2-7/h3H,2H2,1H3. The van der Waals surface area contributed by atoms with Crippen molar-refractivity contribution in [3.63, 3.8) is 0 Å². The SMILES string of the molecule is Cc1cnsc1C(=O)CCl. The molecule has 2 nitrogen and oxygen atoms in total. The van der Waals surface area contributed by atoms with Crippen LogP contribution in [0, 0.1) is 6.92 Å². The highest BCUT2D eigenvalue weighted by Gasteiger charge is 2.08. The highest BCUT2D eigenvalue weighted by Crippen LogP contribution is 2.12. The van der Waals surface area contributed by atoms with Crippen molar-refractivity contribution >= 4 is 28.9 Å². The number of hydrogen-bond donors (Lipinski definition) is 0. The Morgan fingerprint density at radius 2 is 2.60 bits per heavy atom. The van der Waals surface area contributed by atoms with E-state index in [-0.39, 0.29) is 11.7 Å². The average Bonchev–Trinajstić information content (AvgIpc) is 2.34. The zero-order valence-corrected chi connectivity index (χ0v) is 7.00. The Labute approximate surface area is 68.0 Å². The summed E-state index contributed by atoms with van der Waals surface area (Å²) in [5, 5.41) is 0. The Bertz CT molecular complexity index is 246. The van der Waals surface area contributed by atoms with Crippen molar-refractivity contribution in [2.75, 3.05) is 5.88 Å². The van der Waals surface area contributed by atoms with Gasteiger partial charge >= 0.3 is 0 Å². The molecule has 10 heavy (non-hydrogen) atoms. The summed E-state index contributed by atoms with van der Waals surface area (Å²) >= 11 is 6.54. The van der Waals surface area contributed by atoms with Gasteiger partial charge in [0.05, 0.1) is 10.8 Å². The lowest BCUT2D eigenvalue weighted by Crippen LogP contribution is -1.98. The molecule has 0 aliphatic heterocycles. The Hall–Kier alpha value is -0.410. The van der Waals surface area contributed by atoms with Gasteiger partial charge in [-0.3, -0.25) is 4.79 Å². The van der Waals surface area contributed by atoms with Crippen LogP contribution in [-0.4, -0.2) is 16.0 Å². The largest absolute Gasteiger partial charge is 0.292 e. The van der Waals surface area contributed by atoms with Crippen molar-refractivity contribution in [1.82, 2.24) is 4.37 Å². The van der Waals surface area contributed by atoms with E-state index in [4.69, 9.17) is 11.6 Å². The van der Waals surface area contributed by atoms with Crippen molar-refractivity contribution in [2.45, 2.75) is 6.92 Å². The predicted molar refractivity (Wildman–Crippen MR) is 41.9 cm³/mol. The summed E-state index contributed by atoms with van der Waals surface area (Å²) in [7, 11) is 0. The molecule has 0 aliphatic carbocycles. The molecule has 0 fully saturated rings. The van der Waals surface area contributed by atoms with E-state index in [1.54, 1.807) is 6.20 Å². The molecular weight excluding hydrogens is 170 g/mol. The number of alkyl halides is 1. The minimum atomic E-state index is -0.0401. The third-order valence-electron chi connectivity index (χ3n) is 1.12. The minimum Gasteiger partial charge on any atom is -0.292 e. The van der Waals surface area contributed by atoms with Crippen molar-refractivity contribution in [1.29, 1.82) is 0 Å². The first-order valence-electron chi connectivity index (χ1n) is 2.76. The summed E-state index contributed by atoms with van der Waals surface area (Å²) in [6.45, 7) is 1.85. The molecule has 1 aromatic rings. The number of rotatable bonds is 2. The summed E-state index contributed by atoms with van der Waals surface area (Å²) in [6, 6.07) is 0. The summed E-state index contributed by atoms with van der Waals surface area (Å²) in [5.41, 5.74) is 0.913. The molecule has 0 atom stereocenters. The van der Waals surface area contributed by atoms with Crippen LogP contribution in [-0.2, 0) is 0 Å². The second-order valence-corrected chi connectivity index (χ2v) is 2.96. The molecule has 54 valence electrons. The van der Waals surface area contributed by atoms with Gasteiger partial charge in [0.15, 0.2) is 5.78 Å². The number of hydrogen-bond acceptors (Lipinski definition) is 3. The van der Waals surface area contributed by atoms with Crippen LogP contribution in [0.25, 0.3) is 0 Å². The zero-order chi connectivity index (χ0) is 7.56. The average molecular weight is 176 g/mol. The number of carbonyl (C=O) groups excluding carboxylic acids is 1. The molecule has 0 unspecified atom stereocenters. The first-order chi connectivity index (χ1) is 4.75. The maximum Gasteiger partial charge on any atom is 0.189 e. The summed E-state index contributed by atoms with van der Waals surface area (Å²) in [4.78, 5) is 11.6. The molecular formula is C6H6ClNOS. The van der Waals surface area contributed by atoms with Crippen molar-refractivity contribution < 1.29 is 4.79 Å². The second kappa shape index (κ2) is 3.12. The van der Waals surface area contributed by atoms with E-state index in [9.17, 15) is 4.79 Å². The Morgan fingerprint density at radius 1 is 1.90 bits per heavy atom. The summed E-state index contributed by atoms with van der Waals surface area (Å²) in [5.74, 6) is 0.00455. The lowest BCUT2D eigenvalue weighted by Gasteiger charge is -1.89. The van der Waals surface area contributed by atoms with Gasteiger partial charge in [0.2, 0.25) is 0 Å². The van der Waals surface area contributed by atoms with E-state index in [0.717, 1.165) is 5.56 Å². The van der Waals surface area contributed by atoms with Crippen LogP contribution < -0.4 is 0 Å². The first kappa shape index (κ1) is 7.69. The van der Waals surface area contributed by atoms with Crippen LogP contribution in [0.3, 0.4) is 0 Å². The quantitative estimate of drug-likeness (QED) is 0.508. The van der Waals surface area contributed by atoms with Crippen molar-refractivity contribution in [3.05, 3.63) is 16.6 Å². The molecule has 0 amide bonds. The topological polar surface area (TPSA) is 30.0 Å². The summed E-state index contributed by atoms with van der Waals surface area (Å²) in [6.07, 6.45) is 1.67. The molecule has 1 aromatic heterocycles. The van der Waals surface area contributed by atoms with E-state index >= 15 is 0 Å². The fourth-order valence-electron chi connectivity index (χ4n) is 0.620. The smallest absolute Gasteiger partial charge is 0.189 e. The molecule has 4 heteroatoms. The molecule has 1 heterocycles. The Balaban J connectivity index is 2.93. The van der Waals surface area contributed by atoms with E-state index in [0.29, 0.717) is 4.88 Å². The van der Waals surface area contributed by atoms with E-state index in [1.165, 1.54) is 11.5 Å². The van der Waals surface area contributed by atoms with E-state index in [2.05, 4.69) is 4.37 Å². The van der Waals surface area contributed by atoms with E-state index in [1.807, 2.05) is 6.92 Å². The third kappa shape index (κ3) is 1.36. The zero-order valence-electron chi connectivity index (χ0n) is 5.43. The second-order valence-electron chi connectivity index (χ2n) is 1.89. The number of ketones is 1. The normalized spacial score (nSPS) is 9.80.